The van der Waals surface area contributed by atoms with Crippen molar-refractivity contribution in [2.45, 2.75) is 20.3 Å². The number of rotatable bonds is 3. The summed E-state index contributed by atoms with van der Waals surface area (Å²) in [4.78, 5) is 21.9. The van der Waals surface area contributed by atoms with Crippen LogP contribution in [0.5, 0.6) is 0 Å². The predicted octanol–water partition coefficient (Wildman–Crippen LogP) is 2.14. The zero-order valence-electron chi connectivity index (χ0n) is 8.70. The van der Waals surface area contributed by atoms with Gasteiger partial charge in [0.2, 0.25) is 0 Å². The Bertz CT molecular complexity index is 455. The fourth-order valence-electron chi connectivity index (χ4n) is 1.48. The van der Waals surface area contributed by atoms with E-state index in [-0.39, 0.29) is 5.78 Å². The van der Waals surface area contributed by atoms with E-state index in [9.17, 15) is 9.59 Å². The van der Waals surface area contributed by atoms with Crippen molar-refractivity contribution in [3.63, 3.8) is 0 Å². The summed E-state index contributed by atoms with van der Waals surface area (Å²) >= 11 is 0. The van der Waals surface area contributed by atoms with Crippen molar-refractivity contribution < 1.29 is 9.59 Å². The van der Waals surface area contributed by atoms with Crippen molar-refractivity contribution in [1.82, 2.24) is 0 Å². The van der Waals surface area contributed by atoms with Crippen LogP contribution < -0.4 is 0 Å². The second-order valence-corrected chi connectivity index (χ2v) is 3.24. The van der Waals surface area contributed by atoms with Crippen LogP contribution in [0.3, 0.4) is 0 Å². The van der Waals surface area contributed by atoms with Gasteiger partial charge >= 0.3 is 0 Å². The largest absolute Gasteiger partial charge is 0.298 e. The molecule has 0 radical (unpaired) electrons. The zero-order valence-corrected chi connectivity index (χ0v) is 8.70. The van der Waals surface area contributed by atoms with Crippen LogP contribution in [0.4, 0.5) is 0 Å². The van der Waals surface area contributed by atoms with Crippen LogP contribution in [-0.4, -0.2) is 12.1 Å². The van der Waals surface area contributed by atoms with Crippen LogP contribution in [0, 0.1) is 11.3 Å². The summed E-state index contributed by atoms with van der Waals surface area (Å²) in [5.41, 5.74) is 1.90. The molecule has 0 unspecified atom stereocenters. The lowest BCUT2D eigenvalue weighted by atomic mass is 9.95. The van der Waals surface area contributed by atoms with Crippen molar-refractivity contribution in [3.05, 3.63) is 34.4 Å². The minimum Gasteiger partial charge on any atom is -0.298 e. The lowest BCUT2D eigenvalue weighted by Crippen LogP contribution is -2.02. The minimum atomic E-state index is -0.190. The highest BCUT2D eigenvalue weighted by Gasteiger charge is 2.12. The Hall–Kier alpha value is -1.95. The van der Waals surface area contributed by atoms with Crippen LogP contribution in [0.1, 0.15) is 45.7 Å². The predicted molar refractivity (Wildman–Crippen MR) is 55.9 cm³/mol. The molecule has 0 spiro atoms. The van der Waals surface area contributed by atoms with E-state index in [0.717, 1.165) is 5.56 Å². The third-order valence-corrected chi connectivity index (χ3v) is 2.25. The molecule has 3 heteroatoms. The average molecular weight is 201 g/mol. The van der Waals surface area contributed by atoms with Gasteiger partial charge in [0.15, 0.2) is 5.78 Å². The molecule has 0 amide bonds. The summed E-state index contributed by atoms with van der Waals surface area (Å²) in [6, 6.07) is 5.13. The number of ketones is 1. The molecule has 0 saturated carbocycles. The van der Waals surface area contributed by atoms with Gasteiger partial charge in [0.1, 0.15) is 12.4 Å². The van der Waals surface area contributed by atoms with E-state index in [1.165, 1.54) is 13.0 Å². The molecule has 0 aromatic heterocycles. The first kappa shape index (κ1) is 11.1. The highest BCUT2D eigenvalue weighted by atomic mass is 16.1. The van der Waals surface area contributed by atoms with E-state index in [0.29, 0.717) is 29.4 Å². The first-order valence-electron chi connectivity index (χ1n) is 4.67. The van der Waals surface area contributed by atoms with Crippen molar-refractivity contribution in [3.8, 4) is 6.07 Å². The van der Waals surface area contributed by atoms with Crippen LogP contribution in [0.15, 0.2) is 12.1 Å². The SMILES string of the molecule is CCc1cc(C=O)cc(C(C)=O)c1C#N. The van der Waals surface area contributed by atoms with Crippen molar-refractivity contribution in [1.29, 1.82) is 5.26 Å². The number of hydrogen-bond donors (Lipinski definition) is 0. The molecule has 0 heterocycles. The Morgan fingerprint density at radius 1 is 1.53 bits per heavy atom. The second-order valence-electron chi connectivity index (χ2n) is 3.24. The summed E-state index contributed by atoms with van der Waals surface area (Å²) in [6.07, 6.45) is 1.32. The number of carbonyl (C=O) groups excluding carboxylic acids is 2. The molecular formula is C12H11NO2. The second kappa shape index (κ2) is 4.52. The number of aldehydes is 1. The molecule has 0 aliphatic rings. The van der Waals surface area contributed by atoms with Crippen molar-refractivity contribution in [2.24, 2.45) is 0 Å². The molecule has 76 valence electrons. The van der Waals surface area contributed by atoms with Gasteiger partial charge in [0.05, 0.1) is 5.56 Å². The lowest BCUT2D eigenvalue weighted by molar-refractivity contribution is 0.101. The number of aryl methyl sites for hydroxylation is 1. The number of carbonyl (C=O) groups is 2. The van der Waals surface area contributed by atoms with E-state index in [1.807, 2.05) is 13.0 Å². The third kappa shape index (κ3) is 2.10. The molecule has 0 N–H and O–H groups in total. The highest BCUT2D eigenvalue weighted by Crippen LogP contribution is 2.17. The Morgan fingerprint density at radius 3 is 2.60 bits per heavy atom. The topological polar surface area (TPSA) is 57.9 Å². The molecule has 15 heavy (non-hydrogen) atoms. The normalized spacial score (nSPS) is 9.40. The Kier molecular flexibility index (Phi) is 3.35. The number of nitriles is 1. The van der Waals surface area contributed by atoms with Gasteiger partial charge in [-0.2, -0.15) is 5.26 Å². The maximum Gasteiger partial charge on any atom is 0.161 e. The molecule has 0 saturated heterocycles. The molecule has 0 fully saturated rings. The fraction of sp³-hybridized carbons (Fsp3) is 0.250. The average Bonchev–Trinajstić information content (AvgIpc) is 2.26. The van der Waals surface area contributed by atoms with E-state index < -0.39 is 0 Å². The molecule has 1 aromatic carbocycles. The molecular weight excluding hydrogens is 190 g/mol. The van der Waals surface area contributed by atoms with Gasteiger partial charge in [-0.25, -0.2) is 0 Å². The van der Waals surface area contributed by atoms with Crippen LogP contribution >= 0.6 is 0 Å². The number of hydrogen-bond acceptors (Lipinski definition) is 3. The van der Waals surface area contributed by atoms with E-state index in [4.69, 9.17) is 5.26 Å². The molecule has 0 aliphatic heterocycles. The highest BCUT2D eigenvalue weighted by molar-refractivity contribution is 5.98. The Morgan fingerprint density at radius 2 is 2.20 bits per heavy atom. The molecule has 0 aliphatic carbocycles. The van der Waals surface area contributed by atoms with Gasteiger partial charge in [0.25, 0.3) is 0 Å². The standard InChI is InChI=1S/C12H11NO2/c1-3-10-4-9(7-14)5-11(8(2)15)12(10)6-13/h4-5,7H,3H2,1-2H3. The summed E-state index contributed by atoms with van der Waals surface area (Å²) in [6.45, 7) is 3.28. The van der Waals surface area contributed by atoms with Gasteiger partial charge in [0, 0.05) is 11.1 Å². The smallest absolute Gasteiger partial charge is 0.161 e. The molecule has 1 rings (SSSR count). The van der Waals surface area contributed by atoms with E-state index in [1.54, 1.807) is 6.07 Å². The summed E-state index contributed by atoms with van der Waals surface area (Å²) in [7, 11) is 0. The number of nitrogens with zero attached hydrogens (tertiary/aromatic N) is 1. The maximum absolute atomic E-state index is 11.3. The summed E-state index contributed by atoms with van der Waals surface area (Å²) in [5, 5.41) is 8.95. The maximum atomic E-state index is 11.3. The quantitative estimate of drug-likeness (QED) is 0.556. The number of benzene rings is 1. The summed E-state index contributed by atoms with van der Waals surface area (Å²) in [5.74, 6) is -0.190. The molecule has 0 atom stereocenters. The lowest BCUT2D eigenvalue weighted by Gasteiger charge is -2.06. The molecule has 1 aromatic rings. The first-order valence-corrected chi connectivity index (χ1v) is 4.67. The van der Waals surface area contributed by atoms with Crippen molar-refractivity contribution in [2.75, 3.05) is 0 Å². The van der Waals surface area contributed by atoms with Gasteiger partial charge in [-0.05, 0) is 31.0 Å². The fourth-order valence-corrected chi connectivity index (χ4v) is 1.48. The Labute approximate surface area is 88.3 Å². The van der Waals surface area contributed by atoms with E-state index in [2.05, 4.69) is 0 Å². The monoisotopic (exact) mass is 201 g/mol. The van der Waals surface area contributed by atoms with Crippen molar-refractivity contribution >= 4 is 12.1 Å². The van der Waals surface area contributed by atoms with Gasteiger partial charge in [-0.1, -0.05) is 6.92 Å². The minimum absolute atomic E-state index is 0.190. The molecule has 3 nitrogen and oxygen atoms in total. The third-order valence-electron chi connectivity index (χ3n) is 2.25. The zero-order chi connectivity index (χ0) is 11.4. The van der Waals surface area contributed by atoms with Gasteiger partial charge < -0.3 is 0 Å². The van der Waals surface area contributed by atoms with Crippen LogP contribution in [0.25, 0.3) is 0 Å². The Balaban J connectivity index is 3.54. The van der Waals surface area contributed by atoms with E-state index >= 15 is 0 Å². The van der Waals surface area contributed by atoms with Gasteiger partial charge in [-0.15, -0.1) is 0 Å². The summed E-state index contributed by atoms with van der Waals surface area (Å²) < 4.78 is 0. The van der Waals surface area contributed by atoms with Crippen LogP contribution in [-0.2, 0) is 6.42 Å². The van der Waals surface area contributed by atoms with Gasteiger partial charge in [-0.3, -0.25) is 9.59 Å². The number of Topliss-reactive ketones (excluding diaryl/α,β-unsaturated/α-hetero) is 1. The molecule has 0 bridgehead atoms. The van der Waals surface area contributed by atoms with Crippen LogP contribution in [0.2, 0.25) is 0 Å². The first-order chi connectivity index (χ1) is 7.13.